The molecule has 0 aliphatic carbocycles. The molecule has 1 unspecified atom stereocenters. The van der Waals surface area contributed by atoms with Crippen molar-refractivity contribution in [2.75, 3.05) is 13.7 Å². The highest BCUT2D eigenvalue weighted by Gasteiger charge is 2.32. The van der Waals surface area contributed by atoms with Gasteiger partial charge in [0.2, 0.25) is 5.88 Å². The Morgan fingerprint density at radius 2 is 1.95 bits per heavy atom. The van der Waals surface area contributed by atoms with Gasteiger partial charge in [0.05, 0.1) is 30.1 Å². The van der Waals surface area contributed by atoms with Gasteiger partial charge in [0.15, 0.2) is 11.5 Å². The molecule has 1 aliphatic heterocycles. The van der Waals surface area contributed by atoms with Crippen molar-refractivity contribution in [3.05, 3.63) is 98.9 Å². The minimum Gasteiger partial charge on any atom is -0.493 e. The van der Waals surface area contributed by atoms with Gasteiger partial charge in [0.1, 0.15) is 23.1 Å². The average molecular weight is 530 g/mol. The fourth-order valence-electron chi connectivity index (χ4n) is 4.27. The summed E-state index contributed by atoms with van der Waals surface area (Å²) in [6.45, 7) is 2.69. The number of methoxy groups -OCH3 is 1. The number of ether oxygens (including phenoxy) is 4. The van der Waals surface area contributed by atoms with Crippen molar-refractivity contribution >= 4 is 11.7 Å². The molecule has 200 valence electrons. The monoisotopic (exact) mass is 529 g/mol. The number of nitrogens with zero attached hydrogens (tertiary/aromatic N) is 2. The van der Waals surface area contributed by atoms with Gasteiger partial charge in [0.25, 0.3) is 5.69 Å². The van der Waals surface area contributed by atoms with Crippen LogP contribution in [-0.4, -0.2) is 24.6 Å². The number of nitro benzene ring substituents is 1. The number of fused-ring (bicyclic) bond motifs is 1. The zero-order chi connectivity index (χ0) is 27.9. The second-order valence-electron chi connectivity index (χ2n) is 8.79. The van der Waals surface area contributed by atoms with Crippen molar-refractivity contribution in [1.29, 1.82) is 5.26 Å². The minimum absolute atomic E-state index is 0.0241. The SMILES string of the molecule is CCCCCOc1ccc(C2C(C#N)=C(N)Oc3cc(OC(=O)c4cccc([N+](=O)[O-])c4)ccc32)cc1OC. The average Bonchev–Trinajstić information content (AvgIpc) is 2.94. The summed E-state index contributed by atoms with van der Waals surface area (Å²) in [4.78, 5) is 23.1. The van der Waals surface area contributed by atoms with Gasteiger partial charge in [0, 0.05) is 23.8 Å². The quantitative estimate of drug-likeness (QED) is 0.116. The number of nitrogens with two attached hydrogens (primary N) is 1. The van der Waals surface area contributed by atoms with Crippen LogP contribution in [0.4, 0.5) is 5.69 Å². The number of esters is 1. The van der Waals surface area contributed by atoms with Crippen LogP contribution in [0.3, 0.4) is 0 Å². The van der Waals surface area contributed by atoms with Crippen LogP contribution < -0.4 is 24.7 Å². The van der Waals surface area contributed by atoms with Crippen molar-refractivity contribution in [2.24, 2.45) is 5.73 Å². The van der Waals surface area contributed by atoms with Gasteiger partial charge in [-0.25, -0.2) is 4.79 Å². The zero-order valence-corrected chi connectivity index (χ0v) is 21.5. The van der Waals surface area contributed by atoms with Gasteiger partial charge in [-0.1, -0.05) is 38.0 Å². The van der Waals surface area contributed by atoms with Crippen molar-refractivity contribution in [1.82, 2.24) is 0 Å². The molecule has 1 heterocycles. The molecule has 39 heavy (non-hydrogen) atoms. The van der Waals surface area contributed by atoms with Gasteiger partial charge in [-0.3, -0.25) is 10.1 Å². The number of unbranched alkanes of at least 4 members (excludes halogenated alkanes) is 2. The van der Waals surface area contributed by atoms with E-state index in [0.29, 0.717) is 29.4 Å². The third-order valence-corrected chi connectivity index (χ3v) is 6.22. The number of rotatable bonds is 10. The molecule has 3 aromatic rings. The second kappa shape index (κ2) is 12.0. The van der Waals surface area contributed by atoms with Crippen molar-refractivity contribution < 1.29 is 28.7 Å². The van der Waals surface area contributed by atoms with E-state index >= 15 is 0 Å². The summed E-state index contributed by atoms with van der Waals surface area (Å²) in [6, 6.07) is 17.6. The largest absolute Gasteiger partial charge is 0.493 e. The van der Waals surface area contributed by atoms with Crippen molar-refractivity contribution in [3.8, 4) is 29.1 Å². The smallest absolute Gasteiger partial charge is 0.343 e. The normalized spacial score (nSPS) is 14.0. The van der Waals surface area contributed by atoms with Gasteiger partial charge in [-0.2, -0.15) is 5.26 Å². The number of hydrogen-bond donors (Lipinski definition) is 1. The summed E-state index contributed by atoms with van der Waals surface area (Å²) in [5.41, 5.74) is 7.51. The first-order valence-corrected chi connectivity index (χ1v) is 12.3. The summed E-state index contributed by atoms with van der Waals surface area (Å²) in [7, 11) is 1.55. The Morgan fingerprint density at radius 3 is 2.67 bits per heavy atom. The van der Waals surface area contributed by atoms with E-state index in [1.165, 1.54) is 24.3 Å². The highest BCUT2D eigenvalue weighted by atomic mass is 16.6. The second-order valence-corrected chi connectivity index (χ2v) is 8.79. The number of carbonyl (C=O) groups is 1. The van der Waals surface area contributed by atoms with E-state index < -0.39 is 16.8 Å². The van der Waals surface area contributed by atoms with E-state index in [0.717, 1.165) is 30.9 Å². The molecule has 0 radical (unpaired) electrons. The molecule has 0 bridgehead atoms. The molecular formula is C29H27N3O7. The standard InChI is InChI=1S/C29H27N3O7/c1-3-4-5-13-37-24-12-9-18(15-26(24)36-2)27-22-11-10-21(16-25(22)39-28(31)23(27)17-30)38-29(33)19-7-6-8-20(14-19)32(34)35/h6-12,14-16,27H,3-5,13,31H2,1-2H3. The molecule has 3 aromatic carbocycles. The Labute approximate surface area is 225 Å². The number of hydrogen-bond acceptors (Lipinski definition) is 9. The van der Waals surface area contributed by atoms with Crippen LogP contribution in [0.1, 0.15) is 53.6 Å². The van der Waals surface area contributed by atoms with Crippen LogP contribution in [0, 0.1) is 21.4 Å². The van der Waals surface area contributed by atoms with Gasteiger partial charge < -0.3 is 24.7 Å². The highest BCUT2D eigenvalue weighted by Crippen LogP contribution is 2.45. The topological polar surface area (TPSA) is 147 Å². The zero-order valence-electron chi connectivity index (χ0n) is 21.5. The number of nitriles is 1. The maximum atomic E-state index is 12.6. The van der Waals surface area contributed by atoms with E-state index in [1.54, 1.807) is 31.4 Å². The maximum Gasteiger partial charge on any atom is 0.343 e. The third kappa shape index (κ3) is 5.93. The van der Waals surface area contributed by atoms with Crippen molar-refractivity contribution in [3.63, 3.8) is 0 Å². The predicted molar refractivity (Wildman–Crippen MR) is 142 cm³/mol. The first kappa shape index (κ1) is 27.0. The van der Waals surface area contributed by atoms with E-state index in [-0.39, 0.29) is 28.5 Å². The molecule has 0 aromatic heterocycles. The highest BCUT2D eigenvalue weighted by molar-refractivity contribution is 5.91. The lowest BCUT2D eigenvalue weighted by atomic mass is 9.83. The van der Waals surface area contributed by atoms with E-state index in [4.69, 9.17) is 24.7 Å². The molecule has 0 saturated carbocycles. The Bertz CT molecular complexity index is 1480. The molecule has 0 fully saturated rings. The Morgan fingerprint density at radius 1 is 1.13 bits per heavy atom. The van der Waals surface area contributed by atoms with Crippen LogP contribution >= 0.6 is 0 Å². The van der Waals surface area contributed by atoms with E-state index in [1.807, 2.05) is 6.07 Å². The number of allylic oxidation sites excluding steroid dienone is 1. The van der Waals surface area contributed by atoms with Crippen LogP contribution in [0.5, 0.6) is 23.0 Å². The molecule has 0 amide bonds. The molecule has 1 atom stereocenters. The van der Waals surface area contributed by atoms with Crippen LogP contribution in [0.15, 0.2) is 72.1 Å². The predicted octanol–water partition coefficient (Wildman–Crippen LogP) is 5.61. The van der Waals surface area contributed by atoms with Gasteiger partial charge in [-0.05, 0) is 36.2 Å². The fraction of sp³-hybridized carbons (Fsp3) is 0.241. The summed E-state index contributed by atoms with van der Waals surface area (Å²) < 4.78 is 22.6. The third-order valence-electron chi connectivity index (χ3n) is 6.22. The lowest BCUT2D eigenvalue weighted by Gasteiger charge is -2.27. The van der Waals surface area contributed by atoms with Crippen LogP contribution in [-0.2, 0) is 0 Å². The summed E-state index contributed by atoms with van der Waals surface area (Å²) in [6.07, 6.45) is 3.08. The van der Waals surface area contributed by atoms with Gasteiger partial charge in [-0.15, -0.1) is 0 Å². The van der Waals surface area contributed by atoms with Crippen LogP contribution in [0.25, 0.3) is 0 Å². The number of nitro groups is 1. The summed E-state index contributed by atoms with van der Waals surface area (Å²) in [5.74, 6) is 0.162. The number of benzene rings is 3. The Hall–Kier alpha value is -5.04. The van der Waals surface area contributed by atoms with E-state index in [2.05, 4.69) is 13.0 Å². The molecule has 10 heteroatoms. The lowest BCUT2D eigenvalue weighted by molar-refractivity contribution is -0.384. The minimum atomic E-state index is -0.772. The first-order valence-electron chi connectivity index (χ1n) is 12.3. The maximum absolute atomic E-state index is 12.6. The number of non-ortho nitro benzene ring substituents is 1. The van der Waals surface area contributed by atoms with E-state index in [9.17, 15) is 20.2 Å². The van der Waals surface area contributed by atoms with Gasteiger partial charge >= 0.3 is 5.97 Å². The Balaban J connectivity index is 1.63. The van der Waals surface area contributed by atoms with Crippen LogP contribution in [0.2, 0.25) is 0 Å². The fourth-order valence-corrected chi connectivity index (χ4v) is 4.27. The molecule has 10 nitrogen and oxygen atoms in total. The molecular weight excluding hydrogens is 502 g/mol. The molecule has 1 aliphatic rings. The lowest BCUT2D eigenvalue weighted by Crippen LogP contribution is -2.21. The summed E-state index contributed by atoms with van der Waals surface area (Å²) in [5, 5.41) is 20.9. The Kier molecular flexibility index (Phi) is 8.31. The number of carbonyl (C=O) groups excluding carboxylic acids is 1. The molecule has 0 saturated heterocycles. The summed E-state index contributed by atoms with van der Waals surface area (Å²) >= 11 is 0. The molecule has 2 N–H and O–H groups in total. The molecule has 4 rings (SSSR count). The van der Waals surface area contributed by atoms with Crippen molar-refractivity contribution in [2.45, 2.75) is 32.1 Å². The molecule has 0 spiro atoms. The first-order chi connectivity index (χ1) is 18.9.